The van der Waals surface area contributed by atoms with Gasteiger partial charge in [-0.15, -0.1) is 0 Å². The standard InChI is InChI=1S/C17H19F3N6O3S/c18-17(19,20)16(2-3-16)12-23-15(29-25-12)26-4-1-10-11(7-26)30-14(22-10)24-13(28)21-8-5-9(27)6-8/h8-9,27H,1-7H2,(H2,21,22,24,28)/t8-,9-. The van der Waals surface area contributed by atoms with Crippen LogP contribution in [0.25, 0.3) is 0 Å². The van der Waals surface area contributed by atoms with Crippen LogP contribution in [0.5, 0.6) is 0 Å². The Morgan fingerprint density at radius 2 is 2.07 bits per heavy atom. The Bertz CT molecular complexity index is 966. The zero-order valence-electron chi connectivity index (χ0n) is 15.7. The SMILES string of the molecule is O=C(Nc1nc2c(s1)CN(c1nc(C3(C(F)(F)F)CC3)no1)CC2)N[C@H]1C[C@H](O)C1. The monoisotopic (exact) mass is 444 g/mol. The molecule has 3 aliphatic rings. The number of hydrogen-bond donors (Lipinski definition) is 3. The first kappa shape index (κ1) is 19.5. The highest BCUT2D eigenvalue weighted by Gasteiger charge is 2.67. The van der Waals surface area contributed by atoms with Crippen LogP contribution in [-0.2, 0) is 18.4 Å². The molecule has 2 saturated carbocycles. The predicted octanol–water partition coefficient (Wildman–Crippen LogP) is 2.33. The van der Waals surface area contributed by atoms with Crippen molar-refractivity contribution in [3.8, 4) is 0 Å². The van der Waals surface area contributed by atoms with Gasteiger partial charge in [0, 0.05) is 23.9 Å². The minimum atomic E-state index is -4.39. The number of halogens is 3. The molecule has 2 aromatic heterocycles. The molecular weight excluding hydrogens is 425 g/mol. The van der Waals surface area contributed by atoms with Crippen molar-refractivity contribution < 1.29 is 27.6 Å². The third-order valence-corrected chi connectivity index (χ3v) is 6.80. The van der Waals surface area contributed by atoms with Gasteiger partial charge in [0.05, 0.1) is 18.3 Å². The van der Waals surface area contributed by atoms with E-state index in [1.54, 1.807) is 4.90 Å². The number of rotatable bonds is 4. The molecule has 3 N–H and O–H groups in total. The fourth-order valence-corrected chi connectivity index (χ4v) is 4.75. The zero-order valence-corrected chi connectivity index (χ0v) is 16.5. The van der Waals surface area contributed by atoms with Gasteiger partial charge in [0.2, 0.25) is 0 Å². The van der Waals surface area contributed by atoms with E-state index < -0.39 is 11.6 Å². The Morgan fingerprint density at radius 3 is 2.73 bits per heavy atom. The van der Waals surface area contributed by atoms with E-state index in [0.717, 1.165) is 10.6 Å². The summed E-state index contributed by atoms with van der Waals surface area (Å²) in [6.45, 7) is 0.842. The molecule has 9 nitrogen and oxygen atoms in total. The number of aliphatic hydroxyl groups excluding tert-OH is 1. The lowest BCUT2D eigenvalue weighted by molar-refractivity contribution is -0.162. The van der Waals surface area contributed by atoms with E-state index in [1.807, 2.05) is 0 Å². The first-order valence-corrected chi connectivity index (χ1v) is 10.5. The maximum Gasteiger partial charge on any atom is 0.401 e. The van der Waals surface area contributed by atoms with Crippen LogP contribution in [-0.4, -0.2) is 51.1 Å². The molecule has 0 atom stereocenters. The molecule has 0 aromatic carbocycles. The highest BCUT2D eigenvalue weighted by Crippen LogP contribution is 2.58. The molecule has 2 amide bonds. The molecule has 5 rings (SSSR count). The van der Waals surface area contributed by atoms with Gasteiger partial charge in [0.1, 0.15) is 5.41 Å². The van der Waals surface area contributed by atoms with E-state index >= 15 is 0 Å². The topological polar surface area (TPSA) is 116 Å². The summed E-state index contributed by atoms with van der Waals surface area (Å²) in [5, 5.41) is 18.8. The third kappa shape index (κ3) is 3.39. The highest BCUT2D eigenvalue weighted by molar-refractivity contribution is 7.15. The Hall–Kier alpha value is -2.41. The number of nitrogens with one attached hydrogen (secondary N) is 2. The van der Waals surface area contributed by atoms with Crippen molar-refractivity contribution >= 4 is 28.5 Å². The van der Waals surface area contributed by atoms with E-state index in [4.69, 9.17) is 4.52 Å². The molecule has 2 fully saturated rings. The van der Waals surface area contributed by atoms with Crippen molar-refractivity contribution in [2.75, 3.05) is 16.8 Å². The summed E-state index contributed by atoms with van der Waals surface area (Å²) in [7, 11) is 0. The number of alkyl halides is 3. The second kappa shape index (κ2) is 6.80. The molecule has 0 bridgehead atoms. The Labute approximate surface area is 172 Å². The average Bonchev–Trinajstić information content (AvgIpc) is 3.16. The van der Waals surface area contributed by atoms with Crippen LogP contribution in [0.2, 0.25) is 0 Å². The van der Waals surface area contributed by atoms with Crippen LogP contribution in [0.15, 0.2) is 4.52 Å². The molecule has 0 unspecified atom stereocenters. The lowest BCUT2D eigenvalue weighted by Gasteiger charge is -2.31. The molecule has 2 aliphatic carbocycles. The summed E-state index contributed by atoms with van der Waals surface area (Å²) in [6, 6.07) is -0.350. The summed E-state index contributed by atoms with van der Waals surface area (Å²) >= 11 is 1.30. The molecule has 0 saturated heterocycles. The summed E-state index contributed by atoms with van der Waals surface area (Å²) < 4.78 is 44.9. The number of anilines is 2. The van der Waals surface area contributed by atoms with Gasteiger partial charge in [-0.1, -0.05) is 16.5 Å². The van der Waals surface area contributed by atoms with Crippen LogP contribution >= 0.6 is 11.3 Å². The largest absolute Gasteiger partial charge is 0.401 e. The van der Waals surface area contributed by atoms with E-state index in [-0.39, 0.29) is 42.9 Å². The molecule has 2 aromatic rings. The van der Waals surface area contributed by atoms with Crippen molar-refractivity contribution in [1.82, 2.24) is 20.4 Å². The minimum absolute atomic E-state index is 0.0224. The number of carbonyl (C=O) groups is 1. The number of fused-ring (bicyclic) bond motifs is 1. The summed E-state index contributed by atoms with van der Waals surface area (Å²) in [6.07, 6.45) is -3.16. The van der Waals surface area contributed by atoms with Gasteiger partial charge in [-0.25, -0.2) is 9.78 Å². The Kier molecular flexibility index (Phi) is 4.43. The van der Waals surface area contributed by atoms with Crippen molar-refractivity contribution in [2.24, 2.45) is 0 Å². The second-order valence-corrected chi connectivity index (χ2v) is 9.05. The van der Waals surface area contributed by atoms with Crippen LogP contribution < -0.4 is 15.5 Å². The number of nitrogens with zero attached hydrogens (tertiary/aromatic N) is 4. The quantitative estimate of drug-likeness (QED) is 0.663. The van der Waals surface area contributed by atoms with Gasteiger partial charge >= 0.3 is 18.2 Å². The van der Waals surface area contributed by atoms with Crippen molar-refractivity contribution in [1.29, 1.82) is 0 Å². The lowest BCUT2D eigenvalue weighted by Crippen LogP contribution is -2.48. The van der Waals surface area contributed by atoms with Crippen LogP contribution in [0.1, 0.15) is 42.1 Å². The van der Waals surface area contributed by atoms with E-state index in [2.05, 4.69) is 25.8 Å². The lowest BCUT2D eigenvalue weighted by atomic mass is 9.90. The molecule has 0 spiro atoms. The van der Waals surface area contributed by atoms with Crippen molar-refractivity contribution in [2.45, 2.75) is 62.4 Å². The van der Waals surface area contributed by atoms with E-state index in [9.17, 15) is 23.1 Å². The van der Waals surface area contributed by atoms with Gasteiger partial charge in [0.15, 0.2) is 11.0 Å². The smallest absolute Gasteiger partial charge is 0.393 e. The summed E-state index contributed by atoms with van der Waals surface area (Å²) in [5.74, 6) is -0.305. The molecular formula is C17H19F3N6O3S. The fraction of sp³-hybridized carbons (Fsp3) is 0.647. The molecule has 162 valence electrons. The van der Waals surface area contributed by atoms with Crippen LogP contribution in [0.3, 0.4) is 0 Å². The van der Waals surface area contributed by atoms with E-state index in [0.29, 0.717) is 37.5 Å². The number of thiazole rings is 1. The first-order chi connectivity index (χ1) is 14.2. The van der Waals surface area contributed by atoms with Gasteiger partial charge < -0.3 is 19.8 Å². The van der Waals surface area contributed by atoms with Crippen molar-refractivity contribution in [3.05, 3.63) is 16.4 Å². The summed E-state index contributed by atoms with van der Waals surface area (Å²) in [5.41, 5.74) is -1.14. The average molecular weight is 444 g/mol. The van der Waals surface area contributed by atoms with Crippen molar-refractivity contribution in [3.63, 3.8) is 0 Å². The summed E-state index contributed by atoms with van der Waals surface area (Å²) in [4.78, 5) is 23.1. The number of urea groups is 1. The third-order valence-electron chi connectivity index (χ3n) is 5.81. The zero-order chi connectivity index (χ0) is 21.1. The maximum absolute atomic E-state index is 13.3. The fourth-order valence-electron chi connectivity index (χ4n) is 3.73. The van der Waals surface area contributed by atoms with E-state index in [1.165, 1.54) is 11.3 Å². The van der Waals surface area contributed by atoms with Gasteiger partial charge in [-0.3, -0.25) is 5.32 Å². The Balaban J connectivity index is 1.23. The first-order valence-electron chi connectivity index (χ1n) is 9.63. The molecule has 3 heterocycles. The highest BCUT2D eigenvalue weighted by atomic mass is 32.1. The maximum atomic E-state index is 13.3. The Morgan fingerprint density at radius 1 is 1.30 bits per heavy atom. The predicted molar refractivity (Wildman–Crippen MR) is 99.3 cm³/mol. The molecule has 30 heavy (non-hydrogen) atoms. The number of carbonyl (C=O) groups excluding carboxylic acids is 1. The van der Waals surface area contributed by atoms with Gasteiger partial charge in [-0.2, -0.15) is 18.2 Å². The number of aromatic nitrogens is 3. The normalized spacial score (nSPS) is 24.7. The molecule has 13 heteroatoms. The minimum Gasteiger partial charge on any atom is -0.393 e. The molecule has 1 aliphatic heterocycles. The number of hydrogen-bond acceptors (Lipinski definition) is 8. The van der Waals surface area contributed by atoms with Crippen LogP contribution in [0, 0.1) is 0 Å². The number of amides is 2. The number of aliphatic hydroxyl groups is 1. The molecule has 0 radical (unpaired) electrons. The van der Waals surface area contributed by atoms with Gasteiger partial charge in [0.25, 0.3) is 0 Å². The van der Waals surface area contributed by atoms with Crippen LogP contribution in [0.4, 0.5) is 29.1 Å². The second-order valence-electron chi connectivity index (χ2n) is 7.96. The van der Waals surface area contributed by atoms with Gasteiger partial charge in [-0.05, 0) is 25.7 Å².